The van der Waals surface area contributed by atoms with Crippen LogP contribution in [0.1, 0.15) is 5.56 Å². The van der Waals surface area contributed by atoms with Gasteiger partial charge < -0.3 is 15.2 Å². The average molecular weight is 218 g/mol. The van der Waals surface area contributed by atoms with E-state index in [1.54, 1.807) is 20.4 Å². The summed E-state index contributed by atoms with van der Waals surface area (Å²) in [6, 6.07) is 5.78. The molecule has 0 spiro atoms. The smallest absolute Gasteiger partial charge is 0.317 e. The Balaban J connectivity index is 2.06. The van der Waals surface area contributed by atoms with Crippen LogP contribution in [0.4, 0.5) is 4.79 Å². The molecule has 5 heteroatoms. The van der Waals surface area contributed by atoms with Gasteiger partial charge in [-0.1, -0.05) is 6.07 Å². The molecule has 2 amide bonds. The van der Waals surface area contributed by atoms with Gasteiger partial charge in [-0.05, 0) is 17.7 Å². The molecule has 1 heterocycles. The lowest BCUT2D eigenvalue weighted by Crippen LogP contribution is -2.33. The van der Waals surface area contributed by atoms with Crippen molar-refractivity contribution in [1.82, 2.24) is 20.2 Å². The highest BCUT2D eigenvalue weighted by atomic mass is 16.2. The number of amides is 2. The van der Waals surface area contributed by atoms with E-state index in [-0.39, 0.29) is 6.03 Å². The molecule has 0 saturated heterocycles. The predicted octanol–water partition coefficient (Wildman–Crippen LogP) is 1.33. The maximum Gasteiger partial charge on any atom is 0.317 e. The van der Waals surface area contributed by atoms with E-state index in [1.165, 1.54) is 4.90 Å². The monoisotopic (exact) mass is 218 g/mol. The maximum absolute atomic E-state index is 11.3. The number of imidazole rings is 1. The number of carbonyl (C=O) groups excluding carboxylic acids is 1. The minimum Gasteiger partial charge on any atom is -0.345 e. The first-order valence-electron chi connectivity index (χ1n) is 5.04. The number of nitrogens with zero attached hydrogens (tertiary/aromatic N) is 2. The molecular formula is C11H14N4O. The molecule has 16 heavy (non-hydrogen) atoms. The van der Waals surface area contributed by atoms with Gasteiger partial charge in [0.25, 0.3) is 0 Å². The van der Waals surface area contributed by atoms with Gasteiger partial charge in [-0.25, -0.2) is 9.78 Å². The van der Waals surface area contributed by atoms with Crippen LogP contribution in [0.25, 0.3) is 11.0 Å². The maximum atomic E-state index is 11.3. The van der Waals surface area contributed by atoms with E-state index in [2.05, 4.69) is 15.3 Å². The number of hydrogen-bond acceptors (Lipinski definition) is 2. The first-order valence-corrected chi connectivity index (χ1v) is 5.04. The van der Waals surface area contributed by atoms with Crippen molar-refractivity contribution in [2.24, 2.45) is 0 Å². The highest BCUT2D eigenvalue weighted by molar-refractivity contribution is 5.76. The fraction of sp³-hybridized carbons (Fsp3) is 0.273. The van der Waals surface area contributed by atoms with Crippen LogP contribution in [0.3, 0.4) is 0 Å². The van der Waals surface area contributed by atoms with Crippen LogP contribution in [0, 0.1) is 0 Å². The van der Waals surface area contributed by atoms with Crippen molar-refractivity contribution in [3.63, 3.8) is 0 Å². The van der Waals surface area contributed by atoms with Gasteiger partial charge in [0.1, 0.15) is 0 Å². The highest BCUT2D eigenvalue weighted by Gasteiger charge is 2.03. The van der Waals surface area contributed by atoms with Crippen molar-refractivity contribution in [3.05, 3.63) is 30.1 Å². The minimum absolute atomic E-state index is 0.0929. The lowest BCUT2D eigenvalue weighted by molar-refractivity contribution is 0.217. The minimum atomic E-state index is -0.0929. The molecule has 0 aliphatic carbocycles. The second-order valence-corrected chi connectivity index (χ2v) is 3.81. The quantitative estimate of drug-likeness (QED) is 0.799. The van der Waals surface area contributed by atoms with Crippen molar-refractivity contribution in [1.29, 1.82) is 0 Å². The largest absolute Gasteiger partial charge is 0.345 e. The van der Waals surface area contributed by atoms with Gasteiger partial charge in [0.05, 0.1) is 17.4 Å². The number of aromatic amines is 1. The molecule has 5 nitrogen and oxygen atoms in total. The van der Waals surface area contributed by atoms with Crippen LogP contribution in [0.5, 0.6) is 0 Å². The van der Waals surface area contributed by atoms with Crippen LogP contribution in [-0.4, -0.2) is 35.0 Å². The lowest BCUT2D eigenvalue weighted by atomic mass is 10.2. The van der Waals surface area contributed by atoms with E-state index in [0.717, 1.165) is 16.6 Å². The summed E-state index contributed by atoms with van der Waals surface area (Å²) in [5, 5.41) is 2.81. The average Bonchev–Trinajstić information content (AvgIpc) is 2.72. The van der Waals surface area contributed by atoms with E-state index in [4.69, 9.17) is 0 Å². The summed E-state index contributed by atoms with van der Waals surface area (Å²) < 4.78 is 0. The van der Waals surface area contributed by atoms with E-state index in [9.17, 15) is 4.79 Å². The van der Waals surface area contributed by atoms with Crippen molar-refractivity contribution < 1.29 is 4.79 Å². The normalized spacial score (nSPS) is 10.4. The summed E-state index contributed by atoms with van der Waals surface area (Å²) in [6.07, 6.45) is 1.66. The zero-order valence-electron chi connectivity index (χ0n) is 9.32. The summed E-state index contributed by atoms with van der Waals surface area (Å²) in [5.41, 5.74) is 2.96. The number of nitrogens with one attached hydrogen (secondary N) is 2. The Hall–Kier alpha value is -2.04. The molecule has 0 atom stereocenters. The second-order valence-electron chi connectivity index (χ2n) is 3.81. The number of carbonyl (C=O) groups is 1. The third-order valence-electron chi connectivity index (χ3n) is 2.33. The molecule has 1 aromatic heterocycles. The Kier molecular flexibility index (Phi) is 2.76. The van der Waals surface area contributed by atoms with Crippen LogP contribution in [0.15, 0.2) is 24.5 Å². The van der Waals surface area contributed by atoms with Gasteiger partial charge >= 0.3 is 6.03 Å². The van der Waals surface area contributed by atoms with E-state index in [1.807, 2.05) is 18.2 Å². The molecule has 0 aliphatic rings. The number of fused-ring (bicyclic) bond motifs is 1. The van der Waals surface area contributed by atoms with Crippen LogP contribution in [0.2, 0.25) is 0 Å². The molecule has 0 bridgehead atoms. The van der Waals surface area contributed by atoms with Crippen LogP contribution < -0.4 is 5.32 Å². The number of rotatable bonds is 2. The van der Waals surface area contributed by atoms with E-state index < -0.39 is 0 Å². The summed E-state index contributed by atoms with van der Waals surface area (Å²) in [5.74, 6) is 0. The van der Waals surface area contributed by atoms with E-state index in [0.29, 0.717) is 6.54 Å². The Bertz CT molecular complexity index is 503. The number of H-pyrrole nitrogens is 1. The summed E-state index contributed by atoms with van der Waals surface area (Å²) in [6.45, 7) is 0.520. The van der Waals surface area contributed by atoms with Gasteiger partial charge in [-0.3, -0.25) is 0 Å². The summed E-state index contributed by atoms with van der Waals surface area (Å²) in [4.78, 5) is 20.0. The number of hydrogen-bond donors (Lipinski definition) is 2. The van der Waals surface area contributed by atoms with Gasteiger partial charge in [0.15, 0.2) is 0 Å². The van der Waals surface area contributed by atoms with Gasteiger partial charge in [0.2, 0.25) is 0 Å². The lowest BCUT2D eigenvalue weighted by Gasteiger charge is -2.11. The topological polar surface area (TPSA) is 61.0 Å². The Morgan fingerprint density at radius 2 is 2.31 bits per heavy atom. The van der Waals surface area contributed by atoms with Gasteiger partial charge in [-0.15, -0.1) is 0 Å². The molecule has 0 fully saturated rings. The molecule has 2 aromatic rings. The Labute approximate surface area is 93.5 Å². The van der Waals surface area contributed by atoms with Crippen LogP contribution >= 0.6 is 0 Å². The first kappa shape index (κ1) is 10.5. The molecule has 0 unspecified atom stereocenters. The molecule has 2 rings (SSSR count). The number of aromatic nitrogens is 2. The Morgan fingerprint density at radius 1 is 1.50 bits per heavy atom. The third kappa shape index (κ3) is 2.13. The van der Waals surface area contributed by atoms with Crippen molar-refractivity contribution in [3.8, 4) is 0 Å². The zero-order chi connectivity index (χ0) is 11.5. The Morgan fingerprint density at radius 3 is 3.06 bits per heavy atom. The summed E-state index contributed by atoms with van der Waals surface area (Å²) >= 11 is 0. The predicted molar refractivity (Wildman–Crippen MR) is 62.0 cm³/mol. The molecule has 1 aromatic carbocycles. The van der Waals surface area contributed by atoms with Crippen LogP contribution in [-0.2, 0) is 6.54 Å². The first-order chi connectivity index (χ1) is 7.66. The second kappa shape index (κ2) is 4.22. The van der Waals surface area contributed by atoms with Crippen molar-refractivity contribution in [2.45, 2.75) is 6.54 Å². The van der Waals surface area contributed by atoms with Gasteiger partial charge in [0, 0.05) is 20.6 Å². The fourth-order valence-electron chi connectivity index (χ4n) is 1.43. The van der Waals surface area contributed by atoms with E-state index >= 15 is 0 Å². The molecule has 84 valence electrons. The van der Waals surface area contributed by atoms with Crippen molar-refractivity contribution in [2.75, 3.05) is 14.1 Å². The van der Waals surface area contributed by atoms with Crippen molar-refractivity contribution >= 4 is 17.1 Å². The SMILES string of the molecule is CN(C)C(=O)NCc1ccc2nc[nH]c2c1. The number of urea groups is 1. The molecular weight excluding hydrogens is 204 g/mol. The van der Waals surface area contributed by atoms with Gasteiger partial charge in [-0.2, -0.15) is 0 Å². The zero-order valence-corrected chi connectivity index (χ0v) is 9.32. The standard InChI is InChI=1S/C11H14N4O/c1-15(2)11(16)12-6-8-3-4-9-10(5-8)14-7-13-9/h3-5,7H,6H2,1-2H3,(H,12,16)(H,13,14). The molecule has 2 N–H and O–H groups in total. The molecule has 0 aliphatic heterocycles. The molecule has 0 radical (unpaired) electrons. The third-order valence-corrected chi connectivity index (χ3v) is 2.33. The number of benzene rings is 1. The fourth-order valence-corrected chi connectivity index (χ4v) is 1.43. The molecule has 0 saturated carbocycles. The highest BCUT2D eigenvalue weighted by Crippen LogP contribution is 2.11. The summed E-state index contributed by atoms with van der Waals surface area (Å²) in [7, 11) is 3.43.